The second-order valence-electron chi connectivity index (χ2n) is 3.83. The Balaban J connectivity index is 2.37. The molecule has 1 saturated heterocycles. The van der Waals surface area contributed by atoms with E-state index in [-0.39, 0.29) is 12.5 Å². The fourth-order valence-electron chi connectivity index (χ4n) is 1.20. The Kier molecular flexibility index (Phi) is 4.04. The van der Waals surface area contributed by atoms with Crippen molar-refractivity contribution in [2.24, 2.45) is 5.92 Å². The summed E-state index contributed by atoms with van der Waals surface area (Å²) in [7, 11) is 0. The SMILES string of the molecule is CC(C)C(=O)OC[C@H]1O[C@@H](O)[C@@H](O)C1O. The summed E-state index contributed by atoms with van der Waals surface area (Å²) in [5.41, 5.74) is 0. The van der Waals surface area contributed by atoms with Crippen LogP contribution in [0.3, 0.4) is 0 Å². The average Bonchev–Trinajstić information content (AvgIpc) is 2.42. The van der Waals surface area contributed by atoms with Gasteiger partial charge in [-0.25, -0.2) is 0 Å². The first-order valence-electron chi connectivity index (χ1n) is 4.79. The molecule has 1 rings (SSSR count). The second kappa shape index (κ2) is 4.89. The molecule has 1 unspecified atom stereocenters. The Bertz CT molecular complexity index is 229. The van der Waals surface area contributed by atoms with E-state index in [0.717, 1.165) is 0 Å². The first-order valence-corrected chi connectivity index (χ1v) is 4.79. The Hall–Kier alpha value is -0.690. The minimum absolute atomic E-state index is 0.174. The number of ether oxygens (including phenoxy) is 2. The summed E-state index contributed by atoms with van der Waals surface area (Å²) < 4.78 is 9.60. The highest BCUT2D eigenvalue weighted by Crippen LogP contribution is 2.19. The monoisotopic (exact) mass is 220 g/mol. The van der Waals surface area contributed by atoms with Crippen LogP contribution in [0.25, 0.3) is 0 Å². The van der Waals surface area contributed by atoms with Crippen LogP contribution in [-0.4, -0.2) is 52.5 Å². The van der Waals surface area contributed by atoms with Gasteiger partial charge in [-0.05, 0) is 0 Å². The molecule has 0 aliphatic carbocycles. The van der Waals surface area contributed by atoms with E-state index in [9.17, 15) is 9.90 Å². The molecule has 0 amide bonds. The molecule has 0 aromatic rings. The van der Waals surface area contributed by atoms with Gasteiger partial charge in [0.2, 0.25) is 0 Å². The lowest BCUT2D eigenvalue weighted by Gasteiger charge is -2.15. The maximum atomic E-state index is 11.1. The molecule has 0 saturated carbocycles. The summed E-state index contributed by atoms with van der Waals surface area (Å²) in [6.45, 7) is 3.18. The van der Waals surface area contributed by atoms with Crippen LogP contribution in [0.4, 0.5) is 0 Å². The predicted molar refractivity (Wildman–Crippen MR) is 48.7 cm³/mol. The normalized spacial score (nSPS) is 35.9. The number of hydrogen-bond donors (Lipinski definition) is 3. The molecule has 6 heteroatoms. The fourth-order valence-corrected chi connectivity index (χ4v) is 1.20. The molecule has 1 aliphatic heterocycles. The molecule has 1 heterocycles. The quantitative estimate of drug-likeness (QED) is 0.507. The van der Waals surface area contributed by atoms with Crippen molar-refractivity contribution in [3.8, 4) is 0 Å². The summed E-state index contributed by atoms with van der Waals surface area (Å²) in [4.78, 5) is 11.1. The van der Waals surface area contributed by atoms with Crippen LogP contribution < -0.4 is 0 Å². The molecule has 0 aromatic carbocycles. The lowest BCUT2D eigenvalue weighted by atomic mass is 10.1. The van der Waals surface area contributed by atoms with E-state index in [0.29, 0.717) is 0 Å². The van der Waals surface area contributed by atoms with Gasteiger partial charge in [-0.15, -0.1) is 0 Å². The predicted octanol–water partition coefficient (Wildman–Crippen LogP) is -1.38. The molecule has 15 heavy (non-hydrogen) atoms. The zero-order valence-corrected chi connectivity index (χ0v) is 8.66. The van der Waals surface area contributed by atoms with E-state index in [1.54, 1.807) is 13.8 Å². The van der Waals surface area contributed by atoms with Gasteiger partial charge in [0.25, 0.3) is 0 Å². The van der Waals surface area contributed by atoms with Gasteiger partial charge in [0.1, 0.15) is 24.9 Å². The van der Waals surface area contributed by atoms with Crippen LogP contribution >= 0.6 is 0 Å². The van der Waals surface area contributed by atoms with E-state index >= 15 is 0 Å². The molecule has 0 spiro atoms. The van der Waals surface area contributed by atoms with Crippen molar-refractivity contribution in [1.29, 1.82) is 0 Å². The van der Waals surface area contributed by atoms with Crippen molar-refractivity contribution in [2.45, 2.75) is 38.4 Å². The summed E-state index contributed by atoms with van der Waals surface area (Å²) in [6.07, 6.45) is -4.90. The minimum atomic E-state index is -1.43. The van der Waals surface area contributed by atoms with E-state index in [1.165, 1.54) is 0 Å². The molecule has 1 aliphatic rings. The number of esters is 1. The number of carbonyl (C=O) groups excluding carboxylic acids is 1. The van der Waals surface area contributed by atoms with Crippen molar-refractivity contribution >= 4 is 5.97 Å². The van der Waals surface area contributed by atoms with Crippen LogP contribution in [0.15, 0.2) is 0 Å². The highest BCUT2D eigenvalue weighted by Gasteiger charge is 2.42. The van der Waals surface area contributed by atoms with Crippen molar-refractivity contribution in [1.82, 2.24) is 0 Å². The number of hydrogen-bond acceptors (Lipinski definition) is 6. The van der Waals surface area contributed by atoms with Gasteiger partial charge in [-0.3, -0.25) is 4.79 Å². The maximum absolute atomic E-state index is 11.1. The maximum Gasteiger partial charge on any atom is 0.308 e. The molecule has 88 valence electrons. The zero-order chi connectivity index (χ0) is 11.6. The first-order chi connectivity index (χ1) is 6.93. The number of carbonyl (C=O) groups is 1. The van der Waals surface area contributed by atoms with E-state index in [1.807, 2.05) is 0 Å². The standard InChI is InChI=1S/C9H16O6/c1-4(2)8(12)14-3-5-6(10)7(11)9(13)15-5/h4-7,9-11,13H,3H2,1-2H3/t5-,6?,7+,9-/m1/s1. The summed E-state index contributed by atoms with van der Waals surface area (Å²) >= 11 is 0. The van der Waals surface area contributed by atoms with Crippen LogP contribution in [0.1, 0.15) is 13.8 Å². The van der Waals surface area contributed by atoms with Gasteiger partial charge in [0.05, 0.1) is 5.92 Å². The van der Waals surface area contributed by atoms with E-state index in [4.69, 9.17) is 19.7 Å². The Morgan fingerprint density at radius 2 is 1.93 bits per heavy atom. The van der Waals surface area contributed by atoms with Gasteiger partial charge in [0, 0.05) is 0 Å². The number of rotatable bonds is 3. The minimum Gasteiger partial charge on any atom is -0.463 e. The zero-order valence-electron chi connectivity index (χ0n) is 8.66. The third-order valence-electron chi connectivity index (χ3n) is 2.20. The number of aliphatic hydroxyl groups excluding tert-OH is 3. The average molecular weight is 220 g/mol. The highest BCUT2D eigenvalue weighted by atomic mass is 16.7. The Morgan fingerprint density at radius 1 is 1.33 bits per heavy atom. The summed E-state index contributed by atoms with van der Waals surface area (Å²) in [5, 5.41) is 27.5. The fraction of sp³-hybridized carbons (Fsp3) is 0.889. The molecule has 6 nitrogen and oxygen atoms in total. The largest absolute Gasteiger partial charge is 0.463 e. The van der Waals surface area contributed by atoms with Crippen LogP contribution in [0.2, 0.25) is 0 Å². The smallest absolute Gasteiger partial charge is 0.308 e. The van der Waals surface area contributed by atoms with Crippen LogP contribution in [0, 0.1) is 5.92 Å². The topological polar surface area (TPSA) is 96.2 Å². The molecule has 0 radical (unpaired) electrons. The van der Waals surface area contributed by atoms with Crippen LogP contribution in [0.5, 0.6) is 0 Å². The van der Waals surface area contributed by atoms with Gasteiger partial charge in [0.15, 0.2) is 6.29 Å². The lowest BCUT2D eigenvalue weighted by molar-refractivity contribution is -0.160. The molecule has 3 N–H and O–H groups in total. The summed E-state index contributed by atoms with van der Waals surface area (Å²) in [5.74, 6) is -0.680. The third kappa shape index (κ3) is 2.88. The highest BCUT2D eigenvalue weighted by molar-refractivity contribution is 5.71. The van der Waals surface area contributed by atoms with Gasteiger partial charge >= 0.3 is 5.97 Å². The third-order valence-corrected chi connectivity index (χ3v) is 2.20. The van der Waals surface area contributed by atoms with E-state index < -0.39 is 30.6 Å². The van der Waals surface area contributed by atoms with E-state index in [2.05, 4.69) is 0 Å². The van der Waals surface area contributed by atoms with Gasteiger partial charge < -0.3 is 24.8 Å². The molecule has 0 aromatic heterocycles. The second-order valence-corrected chi connectivity index (χ2v) is 3.83. The van der Waals surface area contributed by atoms with Crippen molar-refractivity contribution in [3.05, 3.63) is 0 Å². The van der Waals surface area contributed by atoms with Crippen molar-refractivity contribution < 1.29 is 29.6 Å². The van der Waals surface area contributed by atoms with Crippen molar-refractivity contribution in [2.75, 3.05) is 6.61 Å². The Labute approximate surface area is 87.4 Å². The van der Waals surface area contributed by atoms with Crippen LogP contribution in [-0.2, 0) is 14.3 Å². The lowest BCUT2D eigenvalue weighted by Crippen LogP contribution is -2.35. The molecule has 1 fully saturated rings. The van der Waals surface area contributed by atoms with Gasteiger partial charge in [-0.2, -0.15) is 0 Å². The summed E-state index contributed by atoms with van der Waals surface area (Å²) in [6, 6.07) is 0. The van der Waals surface area contributed by atoms with Crippen molar-refractivity contribution in [3.63, 3.8) is 0 Å². The molecule has 4 atom stereocenters. The number of aliphatic hydroxyl groups is 3. The molecular formula is C9H16O6. The molecular weight excluding hydrogens is 204 g/mol. The molecule has 0 bridgehead atoms. The Morgan fingerprint density at radius 3 is 2.33 bits per heavy atom. The first kappa shape index (κ1) is 12.4. The van der Waals surface area contributed by atoms with Gasteiger partial charge in [-0.1, -0.05) is 13.8 Å².